The molecule has 0 aliphatic carbocycles. The minimum Gasteiger partial charge on any atom is -0.493 e. The number of halogens is 1. The Bertz CT molecular complexity index is 1710. The van der Waals surface area contributed by atoms with Gasteiger partial charge in [-0.1, -0.05) is 17.7 Å². The van der Waals surface area contributed by atoms with Crippen molar-refractivity contribution in [3.8, 4) is 23.3 Å². The van der Waals surface area contributed by atoms with Crippen molar-refractivity contribution in [1.29, 1.82) is 5.26 Å². The van der Waals surface area contributed by atoms with E-state index in [9.17, 15) is 10.1 Å². The third-order valence-electron chi connectivity index (χ3n) is 7.82. The number of methoxy groups -OCH3 is 1. The van der Waals surface area contributed by atoms with Crippen LogP contribution in [0.25, 0.3) is 10.9 Å². The molecule has 1 amide bonds. The zero-order chi connectivity index (χ0) is 29.2. The lowest BCUT2D eigenvalue weighted by Gasteiger charge is -2.45. The number of fused-ring (bicyclic) bond motifs is 2. The first-order valence-corrected chi connectivity index (χ1v) is 14.0. The highest BCUT2D eigenvalue weighted by Crippen LogP contribution is 2.39. The molecule has 10 nitrogen and oxygen atoms in total. The Morgan fingerprint density at radius 3 is 2.83 bits per heavy atom. The van der Waals surface area contributed by atoms with E-state index in [0.29, 0.717) is 76.0 Å². The number of pyridine rings is 2. The molecule has 2 aliphatic rings. The molecule has 2 saturated heterocycles. The van der Waals surface area contributed by atoms with Crippen LogP contribution in [0.4, 0.5) is 16.2 Å². The van der Waals surface area contributed by atoms with Crippen LogP contribution in [0, 0.1) is 24.2 Å². The van der Waals surface area contributed by atoms with Crippen molar-refractivity contribution < 1.29 is 19.0 Å². The smallest absolute Gasteiger partial charge is 0.415 e. The molecule has 4 heterocycles. The number of nitrogens with zero attached hydrogens (tertiary/aromatic N) is 4. The number of benzene rings is 2. The molecule has 2 N–H and O–H groups in total. The van der Waals surface area contributed by atoms with Crippen LogP contribution in [0.5, 0.6) is 17.2 Å². The van der Waals surface area contributed by atoms with Gasteiger partial charge in [-0.05, 0) is 55.6 Å². The topological polar surface area (TPSA) is 122 Å². The third-order valence-corrected chi connectivity index (χ3v) is 8.13. The molecule has 6 rings (SSSR count). The summed E-state index contributed by atoms with van der Waals surface area (Å²) < 4.78 is 17.3. The number of aryl methyl sites for hydroxylation is 1. The maximum atomic E-state index is 13.0. The summed E-state index contributed by atoms with van der Waals surface area (Å²) in [7, 11) is 1.50. The molecule has 2 unspecified atom stereocenters. The Morgan fingerprint density at radius 1 is 1.24 bits per heavy atom. The molecule has 0 radical (unpaired) electrons. The quantitative estimate of drug-likeness (QED) is 0.286. The maximum absolute atomic E-state index is 13.0. The van der Waals surface area contributed by atoms with E-state index in [1.165, 1.54) is 13.3 Å². The highest BCUT2D eigenvalue weighted by Gasteiger charge is 2.37. The van der Waals surface area contributed by atoms with Gasteiger partial charge in [-0.2, -0.15) is 5.26 Å². The van der Waals surface area contributed by atoms with Crippen molar-refractivity contribution in [1.82, 2.24) is 20.2 Å². The van der Waals surface area contributed by atoms with E-state index in [-0.39, 0.29) is 5.75 Å². The van der Waals surface area contributed by atoms with Gasteiger partial charge >= 0.3 is 6.09 Å². The van der Waals surface area contributed by atoms with Crippen molar-refractivity contribution in [3.05, 3.63) is 76.7 Å². The summed E-state index contributed by atoms with van der Waals surface area (Å²) >= 11 is 6.63. The number of rotatable bonds is 7. The molecule has 0 saturated carbocycles. The van der Waals surface area contributed by atoms with Crippen LogP contribution in [0.1, 0.15) is 23.2 Å². The number of anilines is 2. The Labute approximate surface area is 248 Å². The third kappa shape index (κ3) is 5.49. The summed E-state index contributed by atoms with van der Waals surface area (Å²) in [6, 6.07) is 15.0. The van der Waals surface area contributed by atoms with Crippen LogP contribution in [-0.2, 0) is 6.61 Å². The highest BCUT2D eigenvalue weighted by molar-refractivity contribution is 6.33. The molecule has 0 bridgehead atoms. The molecule has 2 aromatic carbocycles. The zero-order valence-corrected chi connectivity index (χ0v) is 23.9. The number of hydrogen-bond donors (Lipinski definition) is 2. The Hall–Kier alpha value is -4.59. The average Bonchev–Trinajstić information content (AvgIpc) is 2.98. The number of hydrogen-bond acceptors (Lipinski definition) is 9. The molecule has 2 fully saturated rings. The molecule has 2 aliphatic heterocycles. The molecule has 0 spiro atoms. The normalized spacial score (nSPS) is 17.5. The van der Waals surface area contributed by atoms with E-state index < -0.39 is 6.09 Å². The predicted octanol–water partition coefficient (Wildman–Crippen LogP) is 5.59. The molecule has 42 heavy (non-hydrogen) atoms. The van der Waals surface area contributed by atoms with E-state index in [0.717, 1.165) is 24.2 Å². The second-order valence-electron chi connectivity index (χ2n) is 10.4. The largest absolute Gasteiger partial charge is 0.493 e. The monoisotopic (exact) mass is 584 g/mol. The van der Waals surface area contributed by atoms with Gasteiger partial charge in [0, 0.05) is 49.0 Å². The van der Waals surface area contributed by atoms with Crippen LogP contribution in [0.15, 0.2) is 54.9 Å². The van der Waals surface area contributed by atoms with Crippen LogP contribution < -0.4 is 24.8 Å². The fourth-order valence-corrected chi connectivity index (χ4v) is 5.46. The number of ether oxygens (including phenoxy) is 3. The van der Waals surface area contributed by atoms with Gasteiger partial charge < -0.3 is 29.7 Å². The summed E-state index contributed by atoms with van der Waals surface area (Å²) in [6.45, 7) is 4.57. The molecule has 214 valence electrons. The van der Waals surface area contributed by atoms with E-state index in [1.807, 2.05) is 19.1 Å². The lowest BCUT2D eigenvalue weighted by Crippen LogP contribution is -2.63. The fraction of sp³-hybridized carbons (Fsp3) is 0.290. The van der Waals surface area contributed by atoms with E-state index in [4.69, 9.17) is 25.8 Å². The molecular weight excluding hydrogens is 556 g/mol. The first-order chi connectivity index (χ1) is 20.4. The SMILES string of the molecule is COc1cc2c(Nc3ccc(OCc4ncccc4C)cc3Cl)c(C#N)cnc2cc1OC(=O)N1CCC2CNC2C1. The summed E-state index contributed by atoms with van der Waals surface area (Å²) in [6.07, 6.45) is 3.72. The number of carbonyl (C=O) groups is 1. The second-order valence-corrected chi connectivity index (χ2v) is 10.8. The van der Waals surface area contributed by atoms with Crippen LogP contribution >= 0.6 is 11.6 Å². The van der Waals surface area contributed by atoms with Crippen molar-refractivity contribution in [2.75, 3.05) is 32.1 Å². The molecule has 11 heteroatoms. The Morgan fingerprint density at radius 2 is 2.12 bits per heavy atom. The fourth-order valence-electron chi connectivity index (χ4n) is 5.24. The number of amides is 1. The molecule has 4 aromatic rings. The minimum atomic E-state index is -0.431. The lowest BCUT2D eigenvalue weighted by atomic mass is 9.85. The zero-order valence-electron chi connectivity index (χ0n) is 23.2. The van der Waals surface area contributed by atoms with Gasteiger partial charge in [0.25, 0.3) is 0 Å². The summed E-state index contributed by atoms with van der Waals surface area (Å²) in [5, 5.41) is 17.5. The molecular formula is C31H29ClN6O4. The Balaban J connectivity index is 1.24. The van der Waals surface area contributed by atoms with E-state index >= 15 is 0 Å². The maximum Gasteiger partial charge on any atom is 0.415 e. The Kier molecular flexibility index (Phi) is 7.69. The van der Waals surface area contributed by atoms with Crippen LogP contribution in [0.3, 0.4) is 0 Å². The standard InChI is InChI=1S/C31H29ClN6O4/c1-18-4-3-8-34-27(18)17-41-21-5-6-24(23(32)10-21)37-30-20(13-33)15-35-25-12-29(28(40-2)11-22(25)30)42-31(39)38-9-7-19-14-36-26(19)16-38/h3-6,8,10-12,15,19,26,36H,7,9,14,16-17H2,1-2H3,(H,35,37). The summed E-state index contributed by atoms with van der Waals surface area (Å²) in [5.41, 5.74) is 3.78. The number of piperidine rings is 1. The average molecular weight is 585 g/mol. The van der Waals surface area contributed by atoms with Gasteiger partial charge in [0.15, 0.2) is 11.5 Å². The molecule has 2 atom stereocenters. The number of aromatic nitrogens is 2. The summed E-state index contributed by atoms with van der Waals surface area (Å²) in [5.74, 6) is 1.81. The van der Waals surface area contributed by atoms with Gasteiger partial charge in [0.2, 0.25) is 0 Å². The van der Waals surface area contributed by atoms with E-state index in [2.05, 4.69) is 26.7 Å². The number of nitriles is 1. The predicted molar refractivity (Wildman–Crippen MR) is 159 cm³/mol. The summed E-state index contributed by atoms with van der Waals surface area (Å²) in [4.78, 5) is 23.5. The molecule has 2 aromatic heterocycles. The number of nitrogens with one attached hydrogen (secondary N) is 2. The van der Waals surface area contributed by atoms with Crippen molar-refractivity contribution >= 4 is 40.0 Å². The van der Waals surface area contributed by atoms with E-state index in [1.54, 1.807) is 41.4 Å². The van der Waals surface area contributed by atoms with Crippen LogP contribution in [0.2, 0.25) is 5.02 Å². The van der Waals surface area contributed by atoms with Crippen LogP contribution in [-0.4, -0.2) is 53.7 Å². The first-order valence-electron chi connectivity index (χ1n) is 13.6. The van der Waals surface area contributed by atoms with Gasteiger partial charge in [0.05, 0.1) is 40.3 Å². The lowest BCUT2D eigenvalue weighted by molar-refractivity contribution is 0.0799. The number of likely N-dealkylation sites (tertiary alicyclic amines) is 1. The van der Waals surface area contributed by atoms with Crippen molar-refractivity contribution in [3.63, 3.8) is 0 Å². The van der Waals surface area contributed by atoms with Gasteiger partial charge in [-0.25, -0.2) is 4.79 Å². The van der Waals surface area contributed by atoms with Crippen molar-refractivity contribution in [2.45, 2.75) is 26.0 Å². The second kappa shape index (κ2) is 11.7. The van der Waals surface area contributed by atoms with Gasteiger partial charge in [-0.15, -0.1) is 0 Å². The minimum absolute atomic E-state index is 0.254. The highest BCUT2D eigenvalue weighted by atomic mass is 35.5. The van der Waals surface area contributed by atoms with Gasteiger partial charge in [0.1, 0.15) is 18.4 Å². The first kappa shape index (κ1) is 27.6. The number of carbonyl (C=O) groups excluding carboxylic acids is 1. The van der Waals surface area contributed by atoms with Gasteiger partial charge in [-0.3, -0.25) is 9.97 Å². The van der Waals surface area contributed by atoms with Crippen molar-refractivity contribution in [2.24, 2.45) is 5.92 Å².